The first-order valence-electron chi connectivity index (χ1n) is 6.92. The summed E-state index contributed by atoms with van der Waals surface area (Å²) in [5.41, 5.74) is 0. The van der Waals surface area contributed by atoms with Crippen molar-refractivity contribution in [2.75, 3.05) is 13.1 Å². The molecule has 2 fully saturated rings. The van der Waals surface area contributed by atoms with Gasteiger partial charge in [-0.25, -0.2) is 12.7 Å². The summed E-state index contributed by atoms with van der Waals surface area (Å²) in [4.78, 5) is 11.0. The zero-order chi connectivity index (χ0) is 15.8. The lowest BCUT2D eigenvalue weighted by Crippen LogP contribution is -2.39. The fourth-order valence-electron chi connectivity index (χ4n) is 3.13. The van der Waals surface area contributed by atoms with E-state index in [1.165, 1.54) is 0 Å². The van der Waals surface area contributed by atoms with Gasteiger partial charge < -0.3 is 5.11 Å². The van der Waals surface area contributed by atoms with Crippen LogP contribution in [0.15, 0.2) is 0 Å². The molecular weight excluding hydrogens is 311 g/mol. The van der Waals surface area contributed by atoms with Gasteiger partial charge in [-0.05, 0) is 12.8 Å². The lowest BCUT2D eigenvalue weighted by Gasteiger charge is -2.27. The summed E-state index contributed by atoms with van der Waals surface area (Å²) in [6.07, 6.45) is -1.43. The summed E-state index contributed by atoms with van der Waals surface area (Å²) in [7, 11) is -3.85. The maximum atomic E-state index is 12.9. The Morgan fingerprint density at radius 1 is 1.10 bits per heavy atom. The topological polar surface area (TPSA) is 74.7 Å². The molecule has 9 heteroatoms. The molecule has 1 saturated carbocycles. The molecule has 1 saturated heterocycles. The van der Waals surface area contributed by atoms with Crippen molar-refractivity contribution in [1.82, 2.24) is 4.31 Å². The molecule has 0 aromatic carbocycles. The van der Waals surface area contributed by atoms with Crippen molar-refractivity contribution >= 4 is 16.0 Å². The van der Waals surface area contributed by atoms with Crippen LogP contribution in [0.5, 0.6) is 0 Å². The Morgan fingerprint density at radius 3 is 2.10 bits per heavy atom. The molecule has 1 N–H and O–H groups in total. The standard InChI is InChI=1S/C12H18F3NO4S/c13-12(14,15)10-7-16(6-9(10)11(17)18)21(19,20)8-4-2-1-3-5-8/h8-10H,1-7H2,(H,17,18)/t9-,10-/m1/s1. The average Bonchev–Trinajstić information content (AvgIpc) is 2.85. The number of alkyl halides is 3. The summed E-state index contributed by atoms with van der Waals surface area (Å²) >= 11 is 0. The van der Waals surface area contributed by atoms with Gasteiger partial charge in [-0.1, -0.05) is 19.3 Å². The molecule has 0 unspecified atom stereocenters. The van der Waals surface area contributed by atoms with E-state index in [0.717, 1.165) is 23.6 Å². The number of hydrogen-bond acceptors (Lipinski definition) is 3. The van der Waals surface area contributed by atoms with Gasteiger partial charge in [0.1, 0.15) is 0 Å². The predicted octanol–water partition coefficient (Wildman–Crippen LogP) is 1.84. The van der Waals surface area contributed by atoms with Crippen molar-refractivity contribution in [2.24, 2.45) is 11.8 Å². The number of hydrogen-bond donors (Lipinski definition) is 1. The number of carboxylic acids is 1. The minimum atomic E-state index is -4.71. The fourth-order valence-corrected chi connectivity index (χ4v) is 5.22. The summed E-state index contributed by atoms with van der Waals surface area (Å²) in [6.45, 7) is -1.36. The van der Waals surface area contributed by atoms with Crippen LogP contribution in [0, 0.1) is 11.8 Å². The molecule has 0 aromatic heterocycles. The van der Waals surface area contributed by atoms with Crippen LogP contribution in [0.2, 0.25) is 0 Å². The van der Waals surface area contributed by atoms with Gasteiger partial charge in [0.2, 0.25) is 10.0 Å². The van der Waals surface area contributed by atoms with E-state index in [1.807, 2.05) is 0 Å². The van der Waals surface area contributed by atoms with Crippen molar-refractivity contribution in [2.45, 2.75) is 43.5 Å². The van der Waals surface area contributed by atoms with E-state index in [2.05, 4.69) is 0 Å². The third-order valence-electron chi connectivity index (χ3n) is 4.36. The maximum Gasteiger partial charge on any atom is 0.393 e. The molecule has 0 bridgehead atoms. The van der Waals surface area contributed by atoms with E-state index >= 15 is 0 Å². The van der Waals surface area contributed by atoms with Gasteiger partial charge in [0, 0.05) is 13.1 Å². The van der Waals surface area contributed by atoms with Crippen LogP contribution in [0.3, 0.4) is 0 Å². The zero-order valence-electron chi connectivity index (χ0n) is 11.3. The number of sulfonamides is 1. The van der Waals surface area contributed by atoms with Crippen LogP contribution in [0.1, 0.15) is 32.1 Å². The molecule has 0 amide bonds. The van der Waals surface area contributed by atoms with E-state index in [9.17, 15) is 26.4 Å². The lowest BCUT2D eigenvalue weighted by atomic mass is 9.96. The highest BCUT2D eigenvalue weighted by atomic mass is 32.2. The van der Waals surface area contributed by atoms with E-state index in [0.29, 0.717) is 12.8 Å². The van der Waals surface area contributed by atoms with Gasteiger partial charge in [0.15, 0.2) is 0 Å². The second kappa shape index (κ2) is 5.75. The van der Waals surface area contributed by atoms with E-state index in [1.54, 1.807) is 0 Å². The van der Waals surface area contributed by atoms with Gasteiger partial charge in [-0.15, -0.1) is 0 Å². The monoisotopic (exact) mass is 329 g/mol. The first kappa shape index (κ1) is 16.5. The predicted molar refractivity (Wildman–Crippen MR) is 68.0 cm³/mol. The third-order valence-corrected chi connectivity index (χ3v) is 6.69. The molecule has 21 heavy (non-hydrogen) atoms. The van der Waals surface area contributed by atoms with Crippen LogP contribution >= 0.6 is 0 Å². The van der Waals surface area contributed by atoms with E-state index in [-0.39, 0.29) is 0 Å². The van der Waals surface area contributed by atoms with Crippen LogP contribution < -0.4 is 0 Å². The van der Waals surface area contributed by atoms with Gasteiger partial charge in [-0.2, -0.15) is 13.2 Å². The Labute approximate surface area is 121 Å². The van der Waals surface area contributed by atoms with E-state index in [4.69, 9.17) is 5.11 Å². The summed E-state index contributed by atoms with van der Waals surface area (Å²) in [5, 5.41) is 8.25. The van der Waals surface area contributed by atoms with Gasteiger partial charge in [-0.3, -0.25) is 4.79 Å². The highest BCUT2D eigenvalue weighted by Crippen LogP contribution is 2.40. The van der Waals surface area contributed by atoms with Crippen molar-refractivity contribution in [3.8, 4) is 0 Å². The minimum absolute atomic E-state index is 0.438. The Hall–Kier alpha value is -0.830. The Balaban J connectivity index is 2.19. The molecular formula is C12H18F3NO4S. The SMILES string of the molecule is O=C(O)[C@@H]1CN(S(=O)(=O)C2CCCCC2)C[C@H]1C(F)(F)F. The van der Waals surface area contributed by atoms with Gasteiger partial charge in [0.25, 0.3) is 0 Å². The van der Waals surface area contributed by atoms with Crippen LogP contribution in [-0.2, 0) is 14.8 Å². The Bertz CT molecular complexity index is 499. The zero-order valence-corrected chi connectivity index (χ0v) is 12.2. The van der Waals surface area contributed by atoms with Crippen molar-refractivity contribution < 1.29 is 31.5 Å². The normalized spacial score (nSPS) is 29.7. The Morgan fingerprint density at radius 2 is 1.67 bits per heavy atom. The molecule has 122 valence electrons. The molecule has 0 radical (unpaired) electrons. The maximum absolute atomic E-state index is 12.9. The summed E-state index contributed by atoms with van der Waals surface area (Å²) in [5.74, 6) is -5.45. The smallest absolute Gasteiger partial charge is 0.393 e. The number of carboxylic acid groups (broad SMARTS) is 1. The first-order valence-corrected chi connectivity index (χ1v) is 8.43. The number of rotatable bonds is 3. The molecule has 5 nitrogen and oxygen atoms in total. The molecule has 2 rings (SSSR count). The minimum Gasteiger partial charge on any atom is -0.481 e. The molecule has 0 spiro atoms. The second-order valence-corrected chi connectivity index (χ2v) is 7.93. The molecule has 0 aromatic rings. The number of nitrogens with zero attached hydrogens (tertiary/aromatic N) is 1. The number of halogens is 3. The lowest BCUT2D eigenvalue weighted by molar-refractivity contribution is -0.187. The largest absolute Gasteiger partial charge is 0.481 e. The van der Waals surface area contributed by atoms with E-state index < -0.39 is 52.3 Å². The first-order chi connectivity index (χ1) is 9.64. The number of aliphatic carboxylic acids is 1. The van der Waals surface area contributed by atoms with Crippen LogP contribution in [-0.4, -0.2) is 48.3 Å². The van der Waals surface area contributed by atoms with Crippen molar-refractivity contribution in [1.29, 1.82) is 0 Å². The highest BCUT2D eigenvalue weighted by molar-refractivity contribution is 7.89. The Kier molecular flexibility index (Phi) is 4.53. The van der Waals surface area contributed by atoms with Gasteiger partial charge in [0.05, 0.1) is 17.1 Å². The third kappa shape index (κ3) is 3.33. The summed E-state index contributed by atoms with van der Waals surface area (Å²) < 4.78 is 64.2. The quantitative estimate of drug-likeness (QED) is 0.857. The molecule has 1 heterocycles. The summed E-state index contributed by atoms with van der Waals surface area (Å²) in [6, 6.07) is 0. The van der Waals surface area contributed by atoms with Gasteiger partial charge >= 0.3 is 12.1 Å². The molecule has 1 aliphatic carbocycles. The number of carbonyl (C=O) groups is 1. The molecule has 2 aliphatic rings. The van der Waals surface area contributed by atoms with Crippen LogP contribution in [0.25, 0.3) is 0 Å². The highest BCUT2D eigenvalue weighted by Gasteiger charge is 2.55. The van der Waals surface area contributed by atoms with Crippen molar-refractivity contribution in [3.05, 3.63) is 0 Å². The molecule has 1 aliphatic heterocycles. The second-order valence-electron chi connectivity index (χ2n) is 5.71. The molecule has 2 atom stereocenters. The average molecular weight is 329 g/mol. The van der Waals surface area contributed by atoms with Crippen LogP contribution in [0.4, 0.5) is 13.2 Å². The fraction of sp³-hybridized carbons (Fsp3) is 0.917. The van der Waals surface area contributed by atoms with Crippen molar-refractivity contribution in [3.63, 3.8) is 0 Å².